The Kier molecular flexibility index (Phi) is 3.59. The zero-order valence-electron chi connectivity index (χ0n) is 9.93. The molecule has 2 heterocycles. The van der Waals surface area contributed by atoms with Crippen molar-refractivity contribution in [2.75, 3.05) is 17.6 Å². The van der Waals surface area contributed by atoms with E-state index in [-0.39, 0.29) is 0 Å². The van der Waals surface area contributed by atoms with Gasteiger partial charge in [0.2, 0.25) is 0 Å². The summed E-state index contributed by atoms with van der Waals surface area (Å²) in [5, 5.41) is 7.41. The smallest absolute Gasteiger partial charge is 0.126 e. The van der Waals surface area contributed by atoms with E-state index in [2.05, 4.69) is 15.4 Å². The van der Waals surface area contributed by atoms with E-state index in [1.807, 2.05) is 29.9 Å². The van der Waals surface area contributed by atoms with Crippen LogP contribution in [0, 0.1) is 6.92 Å². The molecule has 0 fully saturated rings. The maximum atomic E-state index is 5.71. The number of aryl methyl sites for hydroxylation is 2. The molecule has 17 heavy (non-hydrogen) atoms. The van der Waals surface area contributed by atoms with Gasteiger partial charge in [-0.05, 0) is 31.0 Å². The molecule has 0 aliphatic rings. The summed E-state index contributed by atoms with van der Waals surface area (Å²) in [6, 6.07) is 3.89. The maximum Gasteiger partial charge on any atom is 0.126 e. The van der Waals surface area contributed by atoms with E-state index in [1.165, 1.54) is 0 Å². The van der Waals surface area contributed by atoms with Crippen LogP contribution in [-0.4, -0.2) is 21.3 Å². The number of hydrogen-bond acceptors (Lipinski definition) is 4. The molecule has 0 amide bonds. The van der Waals surface area contributed by atoms with Crippen LogP contribution in [0.5, 0.6) is 0 Å². The second-order valence-corrected chi connectivity index (χ2v) is 3.98. The molecule has 2 aromatic rings. The fourth-order valence-electron chi connectivity index (χ4n) is 1.55. The van der Waals surface area contributed by atoms with Gasteiger partial charge in [0.25, 0.3) is 0 Å². The largest absolute Gasteiger partial charge is 0.397 e. The van der Waals surface area contributed by atoms with Gasteiger partial charge < -0.3 is 11.1 Å². The van der Waals surface area contributed by atoms with Crippen molar-refractivity contribution in [3.63, 3.8) is 0 Å². The van der Waals surface area contributed by atoms with Crippen molar-refractivity contribution in [1.29, 1.82) is 0 Å². The average Bonchev–Trinajstić information content (AvgIpc) is 2.82. The third kappa shape index (κ3) is 3.21. The number of pyridine rings is 1. The molecule has 2 rings (SSSR count). The monoisotopic (exact) mass is 231 g/mol. The molecule has 0 aliphatic heterocycles. The summed E-state index contributed by atoms with van der Waals surface area (Å²) in [5.74, 6) is 0.872. The first-order valence-corrected chi connectivity index (χ1v) is 5.69. The van der Waals surface area contributed by atoms with Crippen LogP contribution in [0.1, 0.15) is 12.0 Å². The van der Waals surface area contributed by atoms with E-state index in [0.29, 0.717) is 0 Å². The van der Waals surface area contributed by atoms with Crippen molar-refractivity contribution in [2.24, 2.45) is 0 Å². The number of hydrogen-bond donors (Lipinski definition) is 2. The van der Waals surface area contributed by atoms with E-state index >= 15 is 0 Å². The standard InChI is InChI=1S/C12H17N5/c1-10-8-12(15-9-11(10)13)14-4-2-6-17-7-3-5-16-17/h3,5,7-9H,2,4,6,13H2,1H3,(H,14,15). The Bertz CT molecular complexity index is 464. The highest BCUT2D eigenvalue weighted by molar-refractivity contribution is 5.50. The summed E-state index contributed by atoms with van der Waals surface area (Å²) in [4.78, 5) is 4.22. The molecule has 0 saturated heterocycles. The first-order chi connectivity index (χ1) is 8.25. The summed E-state index contributed by atoms with van der Waals surface area (Å²) in [6.45, 7) is 3.76. The third-order valence-corrected chi connectivity index (χ3v) is 2.58. The molecule has 0 radical (unpaired) electrons. The highest BCUT2D eigenvalue weighted by Gasteiger charge is 1.97. The molecule has 5 nitrogen and oxygen atoms in total. The SMILES string of the molecule is Cc1cc(NCCCn2cccn2)ncc1N. The van der Waals surface area contributed by atoms with E-state index in [4.69, 9.17) is 5.73 Å². The van der Waals surface area contributed by atoms with Gasteiger partial charge in [0.05, 0.1) is 11.9 Å². The lowest BCUT2D eigenvalue weighted by atomic mass is 10.2. The van der Waals surface area contributed by atoms with Gasteiger partial charge in [-0.1, -0.05) is 0 Å². The quantitative estimate of drug-likeness (QED) is 0.768. The average molecular weight is 231 g/mol. The Labute approximate surface area is 101 Å². The Morgan fingerprint density at radius 1 is 1.47 bits per heavy atom. The Morgan fingerprint density at radius 3 is 3.06 bits per heavy atom. The van der Waals surface area contributed by atoms with Crippen LogP contribution in [0.25, 0.3) is 0 Å². The number of nitrogens with one attached hydrogen (secondary N) is 1. The molecule has 0 saturated carbocycles. The minimum absolute atomic E-state index is 0.729. The van der Waals surface area contributed by atoms with E-state index in [0.717, 1.165) is 36.6 Å². The van der Waals surface area contributed by atoms with Crippen molar-refractivity contribution in [2.45, 2.75) is 19.9 Å². The van der Waals surface area contributed by atoms with Gasteiger partial charge in [0.1, 0.15) is 5.82 Å². The van der Waals surface area contributed by atoms with Crippen molar-refractivity contribution >= 4 is 11.5 Å². The second kappa shape index (κ2) is 5.34. The second-order valence-electron chi connectivity index (χ2n) is 3.98. The lowest BCUT2D eigenvalue weighted by Crippen LogP contribution is -2.08. The van der Waals surface area contributed by atoms with E-state index in [1.54, 1.807) is 12.4 Å². The van der Waals surface area contributed by atoms with Crippen LogP contribution in [0.4, 0.5) is 11.5 Å². The molecule has 0 atom stereocenters. The molecule has 2 aromatic heterocycles. The molecule has 0 bridgehead atoms. The third-order valence-electron chi connectivity index (χ3n) is 2.58. The van der Waals surface area contributed by atoms with Crippen molar-refractivity contribution in [1.82, 2.24) is 14.8 Å². The predicted octanol–water partition coefficient (Wildman–Crippen LogP) is 1.67. The minimum Gasteiger partial charge on any atom is -0.397 e. The molecule has 0 aromatic carbocycles. The van der Waals surface area contributed by atoms with Crippen molar-refractivity contribution in [3.05, 3.63) is 36.3 Å². The summed E-state index contributed by atoms with van der Waals surface area (Å²) in [5.41, 5.74) is 7.49. The Morgan fingerprint density at radius 2 is 2.35 bits per heavy atom. The molecule has 0 unspecified atom stereocenters. The summed E-state index contributed by atoms with van der Waals surface area (Å²) >= 11 is 0. The first-order valence-electron chi connectivity index (χ1n) is 5.69. The Balaban J connectivity index is 1.76. The highest BCUT2D eigenvalue weighted by Crippen LogP contribution is 2.12. The van der Waals surface area contributed by atoms with Gasteiger partial charge in [-0.25, -0.2) is 4.98 Å². The predicted molar refractivity (Wildman–Crippen MR) is 68.7 cm³/mol. The molecular formula is C12H17N5. The summed E-state index contributed by atoms with van der Waals surface area (Å²) < 4.78 is 1.92. The lowest BCUT2D eigenvalue weighted by Gasteiger charge is -2.07. The molecule has 0 aliphatic carbocycles. The molecule has 90 valence electrons. The van der Waals surface area contributed by atoms with Gasteiger partial charge in [-0.2, -0.15) is 5.10 Å². The van der Waals surface area contributed by atoms with Crippen molar-refractivity contribution < 1.29 is 0 Å². The number of nitrogen functional groups attached to an aromatic ring is 1. The zero-order valence-corrected chi connectivity index (χ0v) is 9.93. The number of rotatable bonds is 5. The number of nitrogens with two attached hydrogens (primary N) is 1. The van der Waals surface area contributed by atoms with Gasteiger partial charge >= 0.3 is 0 Å². The minimum atomic E-state index is 0.729. The zero-order chi connectivity index (χ0) is 12.1. The highest BCUT2D eigenvalue weighted by atomic mass is 15.3. The van der Waals surface area contributed by atoms with Crippen LogP contribution in [0.15, 0.2) is 30.7 Å². The fourth-order valence-corrected chi connectivity index (χ4v) is 1.55. The van der Waals surface area contributed by atoms with Crippen LogP contribution < -0.4 is 11.1 Å². The number of nitrogens with zero attached hydrogens (tertiary/aromatic N) is 3. The molecule has 0 spiro atoms. The topological polar surface area (TPSA) is 68.8 Å². The van der Waals surface area contributed by atoms with Gasteiger partial charge in [0.15, 0.2) is 0 Å². The van der Waals surface area contributed by atoms with Crippen LogP contribution in [-0.2, 0) is 6.54 Å². The maximum absolute atomic E-state index is 5.71. The summed E-state index contributed by atoms with van der Waals surface area (Å²) in [6.07, 6.45) is 6.45. The van der Waals surface area contributed by atoms with Gasteiger partial charge in [-0.15, -0.1) is 0 Å². The van der Waals surface area contributed by atoms with E-state index < -0.39 is 0 Å². The normalized spacial score (nSPS) is 10.4. The molecular weight excluding hydrogens is 214 g/mol. The van der Waals surface area contributed by atoms with Crippen molar-refractivity contribution in [3.8, 4) is 0 Å². The van der Waals surface area contributed by atoms with Crippen LogP contribution >= 0.6 is 0 Å². The van der Waals surface area contributed by atoms with Crippen LogP contribution in [0.3, 0.4) is 0 Å². The summed E-state index contributed by atoms with van der Waals surface area (Å²) in [7, 11) is 0. The molecule has 3 N–H and O–H groups in total. The number of anilines is 2. The lowest BCUT2D eigenvalue weighted by molar-refractivity contribution is 0.591. The molecule has 5 heteroatoms. The first kappa shape index (κ1) is 11.4. The van der Waals surface area contributed by atoms with Gasteiger partial charge in [-0.3, -0.25) is 4.68 Å². The van der Waals surface area contributed by atoms with Crippen LogP contribution in [0.2, 0.25) is 0 Å². The Hall–Kier alpha value is -2.04. The number of aromatic nitrogens is 3. The van der Waals surface area contributed by atoms with E-state index in [9.17, 15) is 0 Å². The fraction of sp³-hybridized carbons (Fsp3) is 0.333. The van der Waals surface area contributed by atoms with Gasteiger partial charge in [0, 0.05) is 25.5 Å².